The Morgan fingerprint density at radius 3 is 2.45 bits per heavy atom. The topological polar surface area (TPSA) is 9.23 Å². The molecular weight excluding hydrogens is 383 g/mol. The highest BCUT2D eigenvalue weighted by molar-refractivity contribution is 14.1. The third kappa shape index (κ3) is 6.99. The van der Waals surface area contributed by atoms with Gasteiger partial charge in [0.15, 0.2) is 0 Å². The van der Waals surface area contributed by atoms with Gasteiger partial charge in [0.25, 0.3) is 0 Å². The number of halogens is 1. The van der Waals surface area contributed by atoms with Crippen molar-refractivity contribution in [3.05, 3.63) is 48.6 Å². The van der Waals surface area contributed by atoms with Gasteiger partial charge in [-0.05, 0) is 42.5 Å². The van der Waals surface area contributed by atoms with Crippen LogP contribution in [0.2, 0.25) is 0 Å². The molecule has 2 heteroatoms. The normalized spacial score (nSPS) is 14.5. The van der Waals surface area contributed by atoms with Crippen LogP contribution in [0.1, 0.15) is 52.0 Å². The van der Waals surface area contributed by atoms with Gasteiger partial charge < -0.3 is 4.74 Å². The van der Waals surface area contributed by atoms with Gasteiger partial charge in [-0.2, -0.15) is 0 Å². The highest BCUT2D eigenvalue weighted by atomic mass is 127. The SMILES string of the molecule is C=C/C(=C\C(C)I)c1ccc(OCC(CC)CCCC)cc1. The molecule has 0 spiro atoms. The van der Waals surface area contributed by atoms with E-state index in [-0.39, 0.29) is 0 Å². The van der Waals surface area contributed by atoms with Crippen molar-refractivity contribution < 1.29 is 4.74 Å². The molecule has 2 atom stereocenters. The minimum Gasteiger partial charge on any atom is -0.493 e. The lowest BCUT2D eigenvalue weighted by atomic mass is 10.0. The first-order valence-corrected chi connectivity index (χ1v) is 9.56. The van der Waals surface area contributed by atoms with Crippen LogP contribution in [0.3, 0.4) is 0 Å². The molecule has 1 aromatic carbocycles. The van der Waals surface area contributed by atoms with Crippen molar-refractivity contribution in [1.82, 2.24) is 0 Å². The van der Waals surface area contributed by atoms with Crippen molar-refractivity contribution >= 4 is 28.2 Å². The molecule has 122 valence electrons. The fourth-order valence-corrected chi connectivity index (χ4v) is 2.77. The summed E-state index contributed by atoms with van der Waals surface area (Å²) in [6.07, 6.45) is 9.15. The molecule has 1 nitrogen and oxygen atoms in total. The standard InChI is InChI=1S/C20H29IO/c1-5-8-9-17(6-2)15-22-20-12-10-19(11-13-20)18(7-3)14-16(4)21/h7,10-14,16-17H,3,5-6,8-9,15H2,1-2,4H3/b18-14+. The maximum Gasteiger partial charge on any atom is 0.119 e. The maximum atomic E-state index is 5.96. The summed E-state index contributed by atoms with van der Waals surface area (Å²) in [5, 5.41) is 0. The van der Waals surface area contributed by atoms with Gasteiger partial charge in [0.1, 0.15) is 5.75 Å². The second-order valence-electron chi connectivity index (χ2n) is 5.76. The first kappa shape index (κ1) is 19.3. The van der Waals surface area contributed by atoms with Crippen molar-refractivity contribution in [3.63, 3.8) is 0 Å². The number of alkyl halides is 1. The second kappa shape index (κ2) is 10.9. The van der Waals surface area contributed by atoms with Crippen molar-refractivity contribution in [2.24, 2.45) is 5.92 Å². The van der Waals surface area contributed by atoms with Gasteiger partial charge in [-0.15, -0.1) is 0 Å². The zero-order valence-corrected chi connectivity index (χ0v) is 16.3. The average Bonchev–Trinajstić information content (AvgIpc) is 2.53. The van der Waals surface area contributed by atoms with Crippen LogP contribution in [-0.4, -0.2) is 10.5 Å². The third-order valence-electron chi connectivity index (χ3n) is 3.85. The van der Waals surface area contributed by atoms with E-state index in [9.17, 15) is 0 Å². The lowest BCUT2D eigenvalue weighted by molar-refractivity contribution is 0.233. The second-order valence-corrected chi connectivity index (χ2v) is 7.72. The number of benzene rings is 1. The maximum absolute atomic E-state index is 5.96. The number of hydrogen-bond donors (Lipinski definition) is 0. The molecule has 1 rings (SSSR count). The Balaban J connectivity index is 2.63. The van der Waals surface area contributed by atoms with Crippen molar-refractivity contribution in [3.8, 4) is 5.75 Å². The predicted molar refractivity (Wildman–Crippen MR) is 107 cm³/mol. The molecule has 0 saturated carbocycles. The molecule has 0 heterocycles. The van der Waals surface area contributed by atoms with Crippen LogP contribution in [0.5, 0.6) is 5.75 Å². The van der Waals surface area contributed by atoms with E-state index in [1.54, 1.807) is 0 Å². The van der Waals surface area contributed by atoms with Crippen LogP contribution >= 0.6 is 22.6 Å². The molecule has 0 aliphatic carbocycles. The first-order chi connectivity index (χ1) is 10.6. The summed E-state index contributed by atoms with van der Waals surface area (Å²) >= 11 is 2.40. The largest absolute Gasteiger partial charge is 0.493 e. The molecular formula is C20H29IO. The summed E-state index contributed by atoms with van der Waals surface area (Å²) in [6, 6.07) is 8.37. The van der Waals surface area contributed by atoms with E-state index in [0.717, 1.165) is 12.4 Å². The molecule has 0 aliphatic rings. The van der Waals surface area contributed by atoms with E-state index in [1.807, 2.05) is 6.08 Å². The molecule has 0 saturated heterocycles. The van der Waals surface area contributed by atoms with Crippen LogP contribution < -0.4 is 4.74 Å². The van der Waals surface area contributed by atoms with Crippen LogP contribution in [0.25, 0.3) is 5.57 Å². The van der Waals surface area contributed by atoms with Gasteiger partial charge >= 0.3 is 0 Å². The minimum absolute atomic E-state index is 0.491. The van der Waals surface area contributed by atoms with Crippen molar-refractivity contribution in [2.45, 2.75) is 50.4 Å². The quantitative estimate of drug-likeness (QED) is 0.237. The Morgan fingerprint density at radius 2 is 1.95 bits per heavy atom. The number of allylic oxidation sites excluding steroid dienone is 3. The summed E-state index contributed by atoms with van der Waals surface area (Å²) in [6.45, 7) is 11.4. The zero-order valence-electron chi connectivity index (χ0n) is 14.1. The summed E-state index contributed by atoms with van der Waals surface area (Å²) in [4.78, 5) is 0. The minimum atomic E-state index is 0.491. The smallest absolute Gasteiger partial charge is 0.119 e. The zero-order chi connectivity index (χ0) is 16.4. The van der Waals surface area contributed by atoms with E-state index in [0.29, 0.717) is 9.84 Å². The van der Waals surface area contributed by atoms with Gasteiger partial charge in [0.05, 0.1) is 6.61 Å². The summed E-state index contributed by atoms with van der Waals surface area (Å²) in [5.74, 6) is 1.63. The molecule has 0 aliphatic heterocycles. The van der Waals surface area contributed by atoms with Gasteiger partial charge in [0, 0.05) is 3.92 Å². The lowest BCUT2D eigenvalue weighted by Crippen LogP contribution is -2.11. The van der Waals surface area contributed by atoms with Gasteiger partial charge in [-0.25, -0.2) is 0 Å². The van der Waals surface area contributed by atoms with Gasteiger partial charge in [-0.3, -0.25) is 0 Å². The highest BCUT2D eigenvalue weighted by Crippen LogP contribution is 2.22. The van der Waals surface area contributed by atoms with Crippen molar-refractivity contribution in [2.75, 3.05) is 6.61 Å². The molecule has 0 radical (unpaired) electrons. The highest BCUT2D eigenvalue weighted by Gasteiger charge is 2.07. The molecule has 0 N–H and O–H groups in total. The molecule has 1 aromatic rings. The third-order valence-corrected chi connectivity index (χ3v) is 4.21. The fraction of sp³-hybridized carbons (Fsp3) is 0.500. The van der Waals surface area contributed by atoms with Crippen LogP contribution in [0, 0.1) is 5.92 Å². The summed E-state index contributed by atoms with van der Waals surface area (Å²) in [7, 11) is 0. The fourth-order valence-electron chi connectivity index (χ4n) is 2.39. The Hall–Kier alpha value is -0.770. The summed E-state index contributed by atoms with van der Waals surface area (Å²) in [5.41, 5.74) is 2.38. The Bertz CT molecular complexity index is 459. The monoisotopic (exact) mass is 412 g/mol. The van der Waals surface area contributed by atoms with Crippen LogP contribution in [-0.2, 0) is 0 Å². The molecule has 22 heavy (non-hydrogen) atoms. The summed E-state index contributed by atoms with van der Waals surface area (Å²) < 4.78 is 6.45. The lowest BCUT2D eigenvalue weighted by Gasteiger charge is -2.16. The number of ether oxygens (including phenoxy) is 1. The van der Waals surface area contributed by atoms with Crippen molar-refractivity contribution in [1.29, 1.82) is 0 Å². The van der Waals surface area contributed by atoms with Gasteiger partial charge in [0.2, 0.25) is 0 Å². The number of rotatable bonds is 10. The van der Waals surface area contributed by atoms with Crippen LogP contribution in [0.4, 0.5) is 0 Å². The number of hydrogen-bond acceptors (Lipinski definition) is 1. The van der Waals surface area contributed by atoms with E-state index >= 15 is 0 Å². The van der Waals surface area contributed by atoms with E-state index < -0.39 is 0 Å². The van der Waals surface area contributed by atoms with E-state index in [1.165, 1.54) is 36.8 Å². The Labute approximate surface area is 150 Å². The average molecular weight is 412 g/mol. The van der Waals surface area contributed by atoms with Crippen LogP contribution in [0.15, 0.2) is 43.0 Å². The molecule has 0 aromatic heterocycles. The predicted octanol–water partition coefficient (Wildman–Crippen LogP) is 6.67. The first-order valence-electron chi connectivity index (χ1n) is 8.32. The Morgan fingerprint density at radius 1 is 1.27 bits per heavy atom. The van der Waals surface area contributed by atoms with Gasteiger partial charge in [-0.1, -0.05) is 86.6 Å². The molecule has 0 fully saturated rings. The van der Waals surface area contributed by atoms with E-state index in [4.69, 9.17) is 4.74 Å². The molecule has 0 amide bonds. The molecule has 2 unspecified atom stereocenters. The number of unbranched alkanes of at least 4 members (excludes halogenated alkanes) is 1. The van der Waals surface area contributed by atoms with E-state index in [2.05, 4.69) is 80.3 Å². The Kier molecular flexibility index (Phi) is 9.53. The molecule has 0 bridgehead atoms.